The summed E-state index contributed by atoms with van der Waals surface area (Å²) in [6.45, 7) is 1.30. The molecule has 1 aliphatic carbocycles. The molecular weight excluding hydrogens is 298 g/mol. The molecule has 0 aromatic carbocycles. The van der Waals surface area contributed by atoms with Gasteiger partial charge in [-0.1, -0.05) is 12.8 Å². The predicted molar refractivity (Wildman–Crippen MR) is 88.5 cm³/mol. The lowest BCUT2D eigenvalue weighted by Crippen LogP contribution is -2.43. The zero-order chi connectivity index (χ0) is 15.6. The van der Waals surface area contributed by atoms with Crippen molar-refractivity contribution in [3.8, 4) is 0 Å². The highest BCUT2D eigenvalue weighted by Gasteiger charge is 2.36. The van der Waals surface area contributed by atoms with Crippen molar-refractivity contribution in [2.45, 2.75) is 49.7 Å². The molecule has 1 aromatic rings. The van der Waals surface area contributed by atoms with E-state index in [9.17, 15) is 8.42 Å². The maximum Gasteiger partial charge on any atom is 0.216 e. The van der Waals surface area contributed by atoms with Crippen LogP contribution in [-0.2, 0) is 10.0 Å². The summed E-state index contributed by atoms with van der Waals surface area (Å²) in [5, 5.41) is 2.91. The van der Waals surface area contributed by atoms with Crippen molar-refractivity contribution in [1.29, 1.82) is 0 Å². The molecule has 0 bridgehead atoms. The highest BCUT2D eigenvalue weighted by molar-refractivity contribution is 7.89. The number of anilines is 1. The second-order valence-corrected chi connectivity index (χ2v) is 8.59. The van der Waals surface area contributed by atoms with Gasteiger partial charge in [-0.15, -0.1) is 0 Å². The van der Waals surface area contributed by atoms with Gasteiger partial charge in [0.15, 0.2) is 0 Å². The van der Waals surface area contributed by atoms with Crippen molar-refractivity contribution in [2.75, 3.05) is 25.5 Å². The van der Waals surface area contributed by atoms with Crippen LogP contribution in [0.25, 0.3) is 0 Å². The third kappa shape index (κ3) is 3.13. The second-order valence-electron chi connectivity index (χ2n) is 6.37. The summed E-state index contributed by atoms with van der Waals surface area (Å²) in [4.78, 5) is 4.24. The highest BCUT2D eigenvalue weighted by atomic mass is 32.2. The Morgan fingerprint density at radius 2 is 2.00 bits per heavy atom. The summed E-state index contributed by atoms with van der Waals surface area (Å²) in [6, 6.07) is 4.05. The van der Waals surface area contributed by atoms with Gasteiger partial charge < -0.3 is 5.32 Å². The Morgan fingerprint density at radius 3 is 2.73 bits per heavy atom. The van der Waals surface area contributed by atoms with Gasteiger partial charge in [0, 0.05) is 26.3 Å². The molecule has 22 heavy (non-hydrogen) atoms. The van der Waals surface area contributed by atoms with Crippen LogP contribution in [0.15, 0.2) is 18.3 Å². The largest absolute Gasteiger partial charge is 0.373 e. The summed E-state index contributed by atoms with van der Waals surface area (Å²) in [7, 11) is -1.27. The Balaban J connectivity index is 1.76. The molecule has 5 nitrogen and oxygen atoms in total. The van der Waals surface area contributed by atoms with Crippen LogP contribution >= 0.6 is 0 Å². The van der Waals surface area contributed by atoms with Crippen molar-refractivity contribution in [3.63, 3.8) is 0 Å². The molecule has 1 saturated carbocycles. The van der Waals surface area contributed by atoms with E-state index in [-0.39, 0.29) is 11.2 Å². The van der Waals surface area contributed by atoms with E-state index in [0.717, 1.165) is 44.3 Å². The van der Waals surface area contributed by atoms with Crippen molar-refractivity contribution < 1.29 is 8.42 Å². The molecule has 0 spiro atoms. The van der Waals surface area contributed by atoms with Crippen LogP contribution in [0, 0.1) is 0 Å². The van der Waals surface area contributed by atoms with E-state index in [0.29, 0.717) is 13.1 Å². The molecule has 122 valence electrons. The van der Waals surface area contributed by atoms with Gasteiger partial charge in [0.25, 0.3) is 0 Å². The molecular formula is C16H25N3O2S. The molecule has 2 aliphatic rings. The van der Waals surface area contributed by atoms with E-state index in [1.54, 1.807) is 10.5 Å². The first-order chi connectivity index (χ1) is 10.6. The lowest BCUT2D eigenvalue weighted by Gasteiger charge is -2.34. The average molecular weight is 323 g/mol. The summed E-state index contributed by atoms with van der Waals surface area (Å²) in [5.41, 5.74) is 1.19. The monoisotopic (exact) mass is 323 g/mol. The minimum Gasteiger partial charge on any atom is -0.373 e. The zero-order valence-corrected chi connectivity index (χ0v) is 14.0. The highest BCUT2D eigenvalue weighted by Crippen LogP contribution is 2.33. The molecule has 1 aliphatic heterocycles. The number of nitrogens with zero attached hydrogens (tertiary/aromatic N) is 2. The fourth-order valence-corrected chi connectivity index (χ4v) is 5.80. The fourth-order valence-electron chi connectivity index (χ4n) is 3.68. The van der Waals surface area contributed by atoms with Gasteiger partial charge in [-0.2, -0.15) is 0 Å². The van der Waals surface area contributed by atoms with Crippen molar-refractivity contribution >= 4 is 15.8 Å². The SMILES string of the molecule is CNc1cc([C@@H]2CCCN(S(=O)(=O)C3CCCC3)C2)ccn1. The first-order valence-electron chi connectivity index (χ1n) is 8.24. The minimum absolute atomic E-state index is 0.142. The van der Waals surface area contributed by atoms with E-state index in [2.05, 4.69) is 10.3 Å². The second kappa shape index (κ2) is 6.54. The molecule has 3 rings (SSSR count). The van der Waals surface area contributed by atoms with E-state index in [4.69, 9.17) is 0 Å². The van der Waals surface area contributed by atoms with E-state index < -0.39 is 10.0 Å². The van der Waals surface area contributed by atoms with Gasteiger partial charge in [0.1, 0.15) is 5.82 Å². The van der Waals surface area contributed by atoms with E-state index in [1.165, 1.54) is 5.56 Å². The number of piperidine rings is 1. The lowest BCUT2D eigenvalue weighted by molar-refractivity contribution is 0.312. The summed E-state index contributed by atoms with van der Waals surface area (Å²) in [5.74, 6) is 1.12. The van der Waals surface area contributed by atoms with Crippen molar-refractivity contribution in [3.05, 3.63) is 23.9 Å². The predicted octanol–water partition coefficient (Wildman–Crippen LogP) is 2.58. The van der Waals surface area contributed by atoms with Crippen LogP contribution in [0.5, 0.6) is 0 Å². The Bertz CT molecular complexity index is 612. The standard InChI is InChI=1S/C16H25N3O2S/c1-17-16-11-13(8-9-18-16)14-5-4-10-19(12-14)22(20,21)15-6-2-3-7-15/h8-9,11,14-15H,2-7,10,12H2,1H3,(H,17,18)/t14-/m1/s1. The molecule has 2 fully saturated rings. The number of hydrogen-bond donors (Lipinski definition) is 1. The van der Waals surface area contributed by atoms with E-state index in [1.807, 2.05) is 19.2 Å². The maximum atomic E-state index is 12.8. The first-order valence-corrected chi connectivity index (χ1v) is 9.74. The Morgan fingerprint density at radius 1 is 1.23 bits per heavy atom. The number of aromatic nitrogens is 1. The molecule has 1 aromatic heterocycles. The first kappa shape index (κ1) is 15.7. The lowest BCUT2D eigenvalue weighted by atomic mass is 9.92. The molecule has 6 heteroatoms. The van der Waals surface area contributed by atoms with Crippen LogP contribution in [0.3, 0.4) is 0 Å². The third-order valence-electron chi connectivity index (χ3n) is 4.98. The smallest absolute Gasteiger partial charge is 0.216 e. The minimum atomic E-state index is -3.12. The average Bonchev–Trinajstić information content (AvgIpc) is 3.10. The van der Waals surface area contributed by atoms with Gasteiger partial charge in [0.2, 0.25) is 10.0 Å². The molecule has 1 atom stereocenters. The van der Waals surface area contributed by atoms with Crippen molar-refractivity contribution in [2.24, 2.45) is 0 Å². The van der Waals surface area contributed by atoms with Gasteiger partial charge in [-0.3, -0.25) is 0 Å². The Hall–Kier alpha value is -1.14. The maximum absolute atomic E-state index is 12.8. The van der Waals surface area contributed by atoms with Gasteiger partial charge in [0.05, 0.1) is 5.25 Å². The molecule has 2 heterocycles. The Kier molecular flexibility index (Phi) is 4.68. The number of sulfonamides is 1. The molecule has 0 unspecified atom stereocenters. The van der Waals surface area contributed by atoms with Crippen LogP contribution in [-0.4, -0.2) is 43.1 Å². The number of rotatable bonds is 4. The van der Waals surface area contributed by atoms with Crippen LogP contribution in [0.2, 0.25) is 0 Å². The Labute approximate surface area is 133 Å². The number of pyridine rings is 1. The zero-order valence-electron chi connectivity index (χ0n) is 13.2. The summed E-state index contributed by atoms with van der Waals surface area (Å²) >= 11 is 0. The van der Waals surface area contributed by atoms with Gasteiger partial charge >= 0.3 is 0 Å². The number of hydrogen-bond acceptors (Lipinski definition) is 4. The van der Waals surface area contributed by atoms with Crippen LogP contribution in [0.1, 0.15) is 50.0 Å². The topological polar surface area (TPSA) is 62.3 Å². The number of nitrogens with one attached hydrogen (secondary N) is 1. The van der Waals surface area contributed by atoms with Crippen LogP contribution < -0.4 is 5.32 Å². The van der Waals surface area contributed by atoms with E-state index >= 15 is 0 Å². The molecule has 1 N–H and O–H groups in total. The van der Waals surface area contributed by atoms with Crippen LogP contribution in [0.4, 0.5) is 5.82 Å². The van der Waals surface area contributed by atoms with Gasteiger partial charge in [-0.05, 0) is 49.3 Å². The van der Waals surface area contributed by atoms with Crippen molar-refractivity contribution in [1.82, 2.24) is 9.29 Å². The fraction of sp³-hybridized carbons (Fsp3) is 0.688. The summed E-state index contributed by atoms with van der Waals surface area (Å²) in [6.07, 6.45) is 7.56. The quantitative estimate of drug-likeness (QED) is 0.925. The molecule has 0 amide bonds. The molecule has 0 radical (unpaired) electrons. The van der Waals surface area contributed by atoms with Gasteiger partial charge in [-0.25, -0.2) is 17.7 Å². The summed E-state index contributed by atoms with van der Waals surface area (Å²) < 4.78 is 27.3. The third-order valence-corrected chi connectivity index (χ3v) is 7.34. The molecule has 1 saturated heterocycles. The normalized spacial score (nSPS) is 24.5.